The molecule has 7 heteroatoms. The molecule has 2 aliphatic rings. The van der Waals surface area contributed by atoms with E-state index in [1.165, 1.54) is 4.90 Å². The highest BCUT2D eigenvalue weighted by atomic mass is 16.5. The van der Waals surface area contributed by atoms with E-state index in [1.54, 1.807) is 24.1 Å². The lowest BCUT2D eigenvalue weighted by Crippen LogP contribution is -2.56. The molecule has 140 valence electrons. The average molecular weight is 360 g/mol. The van der Waals surface area contributed by atoms with Crippen LogP contribution in [0.4, 0.5) is 5.69 Å². The Hall–Kier alpha value is -2.57. The van der Waals surface area contributed by atoms with Crippen molar-refractivity contribution in [2.45, 2.75) is 44.1 Å². The van der Waals surface area contributed by atoms with Crippen molar-refractivity contribution < 1.29 is 24.2 Å². The number of benzene rings is 1. The van der Waals surface area contributed by atoms with Gasteiger partial charge in [0.2, 0.25) is 5.91 Å². The first-order valence-corrected chi connectivity index (χ1v) is 8.98. The number of rotatable bonds is 5. The van der Waals surface area contributed by atoms with Crippen LogP contribution >= 0.6 is 0 Å². The average Bonchev–Trinajstić information content (AvgIpc) is 2.66. The number of nitrogens with zero attached hydrogens (tertiary/aromatic N) is 2. The Kier molecular flexibility index (Phi) is 5.15. The van der Waals surface area contributed by atoms with Gasteiger partial charge in [-0.05, 0) is 25.0 Å². The first-order chi connectivity index (χ1) is 12.5. The molecule has 0 radical (unpaired) electrons. The van der Waals surface area contributed by atoms with Crippen LogP contribution in [0.15, 0.2) is 24.3 Å². The van der Waals surface area contributed by atoms with Gasteiger partial charge in [0.25, 0.3) is 5.91 Å². The Morgan fingerprint density at radius 1 is 1.23 bits per heavy atom. The molecule has 2 amide bonds. The van der Waals surface area contributed by atoms with Crippen LogP contribution in [0.1, 0.15) is 38.5 Å². The molecule has 1 aliphatic heterocycles. The second kappa shape index (κ2) is 7.35. The number of likely N-dealkylation sites (N-methyl/N-ethyl adjacent to an activating group) is 1. The summed E-state index contributed by atoms with van der Waals surface area (Å²) in [6, 6.07) is 7.19. The molecular weight excluding hydrogens is 336 g/mol. The lowest BCUT2D eigenvalue weighted by Gasteiger charge is -2.41. The molecule has 26 heavy (non-hydrogen) atoms. The van der Waals surface area contributed by atoms with Crippen molar-refractivity contribution in [1.29, 1.82) is 0 Å². The zero-order valence-electron chi connectivity index (χ0n) is 14.9. The topological polar surface area (TPSA) is 87.2 Å². The fourth-order valence-corrected chi connectivity index (χ4v) is 3.84. The lowest BCUT2D eigenvalue weighted by molar-refractivity contribution is -0.160. The third kappa shape index (κ3) is 3.25. The Bertz CT molecular complexity index is 712. The fourth-order valence-electron chi connectivity index (χ4n) is 3.84. The molecule has 0 bridgehead atoms. The minimum Gasteiger partial charge on any atom is -0.482 e. The van der Waals surface area contributed by atoms with Crippen LogP contribution in [-0.2, 0) is 14.4 Å². The summed E-state index contributed by atoms with van der Waals surface area (Å²) < 4.78 is 5.40. The summed E-state index contributed by atoms with van der Waals surface area (Å²) in [6.07, 6.45) is 3.63. The predicted octanol–water partition coefficient (Wildman–Crippen LogP) is 2.05. The van der Waals surface area contributed by atoms with Crippen LogP contribution in [0.2, 0.25) is 0 Å². The molecule has 1 aromatic rings. The summed E-state index contributed by atoms with van der Waals surface area (Å²) >= 11 is 0. The minimum absolute atomic E-state index is 0.0554. The number of hydrogen-bond donors (Lipinski definition) is 1. The molecule has 0 saturated heterocycles. The van der Waals surface area contributed by atoms with E-state index in [4.69, 9.17) is 4.74 Å². The van der Waals surface area contributed by atoms with Crippen LogP contribution in [0.25, 0.3) is 0 Å². The van der Waals surface area contributed by atoms with E-state index in [1.807, 2.05) is 12.1 Å². The second-order valence-electron chi connectivity index (χ2n) is 6.90. The van der Waals surface area contributed by atoms with Gasteiger partial charge in [0.15, 0.2) is 6.61 Å². The van der Waals surface area contributed by atoms with Crippen LogP contribution in [0, 0.1) is 0 Å². The molecule has 1 heterocycles. The van der Waals surface area contributed by atoms with E-state index in [0.717, 1.165) is 19.3 Å². The van der Waals surface area contributed by atoms with E-state index in [-0.39, 0.29) is 31.4 Å². The Balaban J connectivity index is 1.70. The maximum absolute atomic E-state index is 12.7. The van der Waals surface area contributed by atoms with Gasteiger partial charge in [0.05, 0.1) is 5.69 Å². The first-order valence-electron chi connectivity index (χ1n) is 8.98. The van der Waals surface area contributed by atoms with Crippen LogP contribution in [0.5, 0.6) is 5.75 Å². The Morgan fingerprint density at radius 2 is 1.92 bits per heavy atom. The number of carboxylic acids is 1. The molecule has 1 aliphatic carbocycles. The van der Waals surface area contributed by atoms with E-state index in [2.05, 4.69) is 0 Å². The smallest absolute Gasteiger partial charge is 0.329 e. The molecule has 0 atom stereocenters. The maximum atomic E-state index is 12.7. The molecule has 0 aromatic heterocycles. The Labute approximate surface area is 152 Å². The summed E-state index contributed by atoms with van der Waals surface area (Å²) in [5, 5.41) is 9.72. The number of ether oxygens (including phenoxy) is 1. The summed E-state index contributed by atoms with van der Waals surface area (Å²) in [6.45, 7) is 0.151. The van der Waals surface area contributed by atoms with Gasteiger partial charge in [0.1, 0.15) is 11.3 Å². The summed E-state index contributed by atoms with van der Waals surface area (Å²) in [7, 11) is 1.57. The first kappa shape index (κ1) is 18.2. The van der Waals surface area contributed by atoms with E-state index in [0.29, 0.717) is 24.3 Å². The standard InChI is InChI=1S/C19H24N2O5/c1-20(19(18(24)25)10-5-2-6-11-19)16(22)9-12-21-14-7-3-4-8-15(14)26-13-17(21)23/h3-4,7-8H,2,5-6,9-13H2,1H3,(H,24,25). The quantitative estimate of drug-likeness (QED) is 0.868. The van der Waals surface area contributed by atoms with Gasteiger partial charge < -0.3 is 19.6 Å². The van der Waals surface area contributed by atoms with Crippen molar-refractivity contribution in [3.8, 4) is 5.75 Å². The highest BCUT2D eigenvalue weighted by Gasteiger charge is 2.45. The number of carboxylic acid groups (broad SMARTS) is 1. The van der Waals surface area contributed by atoms with E-state index < -0.39 is 11.5 Å². The largest absolute Gasteiger partial charge is 0.482 e. The van der Waals surface area contributed by atoms with Gasteiger partial charge in [-0.15, -0.1) is 0 Å². The van der Waals surface area contributed by atoms with Gasteiger partial charge in [-0.1, -0.05) is 31.4 Å². The van der Waals surface area contributed by atoms with E-state index in [9.17, 15) is 19.5 Å². The summed E-state index contributed by atoms with van der Waals surface area (Å²) in [4.78, 5) is 39.7. The van der Waals surface area contributed by atoms with Crippen LogP contribution in [-0.4, -0.2) is 53.5 Å². The second-order valence-corrected chi connectivity index (χ2v) is 6.90. The number of aliphatic carboxylic acids is 1. The zero-order valence-corrected chi connectivity index (χ0v) is 14.9. The summed E-state index contributed by atoms with van der Waals surface area (Å²) in [5.74, 6) is -0.793. The fraction of sp³-hybridized carbons (Fsp3) is 0.526. The highest BCUT2D eigenvalue weighted by molar-refractivity contribution is 5.98. The number of hydrogen-bond acceptors (Lipinski definition) is 4. The van der Waals surface area contributed by atoms with E-state index >= 15 is 0 Å². The number of carbonyl (C=O) groups is 3. The van der Waals surface area contributed by atoms with Crippen molar-refractivity contribution in [3.05, 3.63) is 24.3 Å². The number of amides is 2. The number of para-hydroxylation sites is 2. The van der Waals surface area contributed by atoms with Crippen LogP contribution in [0.3, 0.4) is 0 Å². The number of anilines is 1. The van der Waals surface area contributed by atoms with Gasteiger partial charge in [-0.3, -0.25) is 9.59 Å². The van der Waals surface area contributed by atoms with Gasteiger partial charge >= 0.3 is 5.97 Å². The normalized spacial score (nSPS) is 18.7. The van der Waals surface area contributed by atoms with Gasteiger partial charge in [-0.25, -0.2) is 4.79 Å². The predicted molar refractivity (Wildman–Crippen MR) is 95.1 cm³/mol. The third-order valence-corrected chi connectivity index (χ3v) is 5.45. The molecule has 1 N–H and O–H groups in total. The Morgan fingerprint density at radius 3 is 2.62 bits per heavy atom. The summed E-state index contributed by atoms with van der Waals surface area (Å²) in [5.41, 5.74) is -0.479. The SMILES string of the molecule is CN(C(=O)CCN1C(=O)COc2ccccc21)C1(C(=O)O)CCCCC1. The molecule has 0 spiro atoms. The molecule has 1 saturated carbocycles. The number of fused-ring (bicyclic) bond motifs is 1. The monoisotopic (exact) mass is 360 g/mol. The molecule has 0 unspecified atom stereocenters. The maximum Gasteiger partial charge on any atom is 0.329 e. The van der Waals surface area contributed by atoms with Crippen molar-refractivity contribution in [2.75, 3.05) is 25.1 Å². The van der Waals surface area contributed by atoms with Gasteiger partial charge in [0, 0.05) is 20.0 Å². The van der Waals surface area contributed by atoms with Crippen molar-refractivity contribution in [1.82, 2.24) is 4.90 Å². The third-order valence-electron chi connectivity index (χ3n) is 5.45. The molecule has 1 fully saturated rings. The van der Waals surface area contributed by atoms with Crippen molar-refractivity contribution >= 4 is 23.5 Å². The highest BCUT2D eigenvalue weighted by Crippen LogP contribution is 2.34. The van der Waals surface area contributed by atoms with Gasteiger partial charge in [-0.2, -0.15) is 0 Å². The molecular formula is C19H24N2O5. The van der Waals surface area contributed by atoms with Crippen LogP contribution < -0.4 is 9.64 Å². The zero-order chi connectivity index (χ0) is 18.7. The minimum atomic E-state index is -1.12. The van der Waals surface area contributed by atoms with Crippen molar-refractivity contribution in [3.63, 3.8) is 0 Å². The molecule has 1 aromatic carbocycles. The molecule has 3 rings (SSSR count). The number of carbonyl (C=O) groups excluding carboxylic acids is 2. The van der Waals surface area contributed by atoms with Crippen molar-refractivity contribution in [2.24, 2.45) is 0 Å². The lowest BCUT2D eigenvalue weighted by atomic mass is 9.80. The molecule has 7 nitrogen and oxygen atoms in total.